The second-order valence-electron chi connectivity index (χ2n) is 6.55. The van der Waals surface area contributed by atoms with Gasteiger partial charge in [0.1, 0.15) is 17.1 Å². The Morgan fingerprint density at radius 3 is 2.77 bits per heavy atom. The first-order chi connectivity index (χ1) is 15.0. The number of benzene rings is 2. The molecule has 0 radical (unpaired) electrons. The fourth-order valence-electron chi connectivity index (χ4n) is 2.92. The molecule has 4 aromatic rings. The number of furan rings is 1. The van der Waals surface area contributed by atoms with Gasteiger partial charge in [0.2, 0.25) is 0 Å². The van der Waals surface area contributed by atoms with Crippen LogP contribution in [0.5, 0.6) is 5.75 Å². The molecule has 7 nitrogen and oxygen atoms in total. The molecule has 9 heteroatoms. The lowest BCUT2D eigenvalue weighted by Crippen LogP contribution is -2.21. The second-order valence-corrected chi connectivity index (χ2v) is 7.41. The summed E-state index contributed by atoms with van der Waals surface area (Å²) in [6, 6.07) is 11.2. The zero-order valence-electron chi connectivity index (χ0n) is 16.4. The minimum absolute atomic E-state index is 0.0292. The number of halogens is 1. The molecular weight excluding hydrogens is 423 g/mol. The summed E-state index contributed by atoms with van der Waals surface area (Å²) in [6.45, 7) is -0.437. The van der Waals surface area contributed by atoms with Gasteiger partial charge in [-0.1, -0.05) is 0 Å². The maximum Gasteiger partial charge on any atom is 0.310 e. The summed E-state index contributed by atoms with van der Waals surface area (Å²) in [4.78, 5) is 28.5. The molecule has 0 fully saturated rings. The number of fused-ring (bicyclic) bond motifs is 1. The van der Waals surface area contributed by atoms with Gasteiger partial charge in [-0.25, -0.2) is 9.37 Å². The Morgan fingerprint density at radius 1 is 1.19 bits per heavy atom. The highest BCUT2D eigenvalue weighted by Crippen LogP contribution is 2.26. The molecule has 0 aliphatic carbocycles. The van der Waals surface area contributed by atoms with Crippen LogP contribution >= 0.6 is 11.3 Å². The fraction of sp³-hybridized carbons (Fsp3) is 0.136. The van der Waals surface area contributed by atoms with Crippen molar-refractivity contribution in [3.05, 3.63) is 65.5 Å². The fourth-order valence-corrected chi connectivity index (χ4v) is 3.66. The van der Waals surface area contributed by atoms with Gasteiger partial charge >= 0.3 is 5.97 Å². The predicted octanol–water partition coefficient (Wildman–Crippen LogP) is 4.43. The van der Waals surface area contributed by atoms with Crippen LogP contribution in [0.4, 0.5) is 9.52 Å². The van der Waals surface area contributed by atoms with Gasteiger partial charge in [-0.05, 0) is 36.4 Å². The molecule has 4 rings (SSSR count). The van der Waals surface area contributed by atoms with Crippen molar-refractivity contribution in [2.75, 3.05) is 19.0 Å². The molecule has 0 atom stereocenters. The van der Waals surface area contributed by atoms with Gasteiger partial charge in [-0.3, -0.25) is 14.9 Å². The molecule has 2 aromatic carbocycles. The van der Waals surface area contributed by atoms with Crippen molar-refractivity contribution >= 4 is 39.3 Å². The highest BCUT2D eigenvalue weighted by Gasteiger charge is 2.15. The monoisotopic (exact) mass is 440 g/mol. The third-order valence-corrected chi connectivity index (χ3v) is 5.21. The largest absolute Gasteiger partial charge is 0.497 e. The molecule has 0 saturated carbocycles. The molecule has 1 amide bonds. The molecule has 31 heavy (non-hydrogen) atoms. The van der Waals surface area contributed by atoms with E-state index in [1.807, 2.05) is 0 Å². The van der Waals surface area contributed by atoms with E-state index < -0.39 is 18.5 Å². The lowest BCUT2D eigenvalue weighted by Gasteiger charge is -2.04. The van der Waals surface area contributed by atoms with Crippen molar-refractivity contribution in [1.29, 1.82) is 0 Å². The van der Waals surface area contributed by atoms with Crippen LogP contribution in [0.25, 0.3) is 22.2 Å². The van der Waals surface area contributed by atoms with E-state index >= 15 is 0 Å². The zero-order chi connectivity index (χ0) is 21.8. The number of hydrogen-bond donors (Lipinski definition) is 1. The van der Waals surface area contributed by atoms with Crippen LogP contribution in [0.1, 0.15) is 5.56 Å². The van der Waals surface area contributed by atoms with Crippen LogP contribution in [0.2, 0.25) is 0 Å². The van der Waals surface area contributed by atoms with Crippen molar-refractivity contribution in [1.82, 2.24) is 4.98 Å². The summed E-state index contributed by atoms with van der Waals surface area (Å²) in [5.74, 6) is -0.746. The number of amides is 1. The highest BCUT2D eigenvalue weighted by atomic mass is 32.1. The van der Waals surface area contributed by atoms with Gasteiger partial charge in [0, 0.05) is 28.0 Å². The molecule has 0 saturated heterocycles. The summed E-state index contributed by atoms with van der Waals surface area (Å²) >= 11 is 1.22. The number of carbonyl (C=O) groups excluding carboxylic acids is 2. The molecule has 158 valence electrons. The zero-order valence-corrected chi connectivity index (χ0v) is 17.2. The smallest absolute Gasteiger partial charge is 0.310 e. The third kappa shape index (κ3) is 4.89. The number of esters is 1. The van der Waals surface area contributed by atoms with Crippen molar-refractivity contribution in [2.45, 2.75) is 6.42 Å². The van der Waals surface area contributed by atoms with E-state index in [0.29, 0.717) is 27.7 Å². The summed E-state index contributed by atoms with van der Waals surface area (Å²) in [7, 11) is 1.56. The quantitative estimate of drug-likeness (QED) is 0.428. The standard InChI is InChI=1S/C22H17FN2O5S/c1-28-16-6-7-17-14(10-29-19(17)9-16)8-21(27)30-11-20(26)25-22-24-18(12-31-22)13-2-4-15(23)5-3-13/h2-7,9-10,12H,8,11H2,1H3,(H,24,25,26). The normalized spacial score (nSPS) is 10.8. The van der Waals surface area contributed by atoms with Crippen LogP contribution in [0.15, 0.2) is 58.5 Å². The number of hydrogen-bond acceptors (Lipinski definition) is 7. The van der Waals surface area contributed by atoms with Crippen LogP contribution < -0.4 is 10.1 Å². The average molecular weight is 440 g/mol. The van der Waals surface area contributed by atoms with Crippen molar-refractivity contribution in [2.24, 2.45) is 0 Å². The Hall–Kier alpha value is -3.72. The van der Waals surface area contributed by atoms with Crippen LogP contribution in [-0.4, -0.2) is 30.6 Å². The van der Waals surface area contributed by atoms with Gasteiger partial charge in [-0.2, -0.15) is 0 Å². The molecule has 0 unspecified atom stereocenters. The van der Waals surface area contributed by atoms with E-state index in [1.165, 1.54) is 29.7 Å². The van der Waals surface area contributed by atoms with Gasteiger partial charge in [0.15, 0.2) is 11.7 Å². The maximum absolute atomic E-state index is 13.0. The number of aromatic nitrogens is 1. The van der Waals surface area contributed by atoms with E-state index in [1.54, 1.807) is 42.8 Å². The van der Waals surface area contributed by atoms with Crippen LogP contribution in [0.3, 0.4) is 0 Å². The maximum atomic E-state index is 13.0. The van der Waals surface area contributed by atoms with E-state index in [-0.39, 0.29) is 12.2 Å². The van der Waals surface area contributed by atoms with Gasteiger partial charge in [-0.15, -0.1) is 11.3 Å². The Bertz CT molecular complexity index is 1230. The minimum Gasteiger partial charge on any atom is -0.497 e. The predicted molar refractivity (Wildman–Crippen MR) is 114 cm³/mol. The summed E-state index contributed by atoms with van der Waals surface area (Å²) in [6.07, 6.45) is 1.45. The highest BCUT2D eigenvalue weighted by molar-refractivity contribution is 7.14. The number of nitrogens with one attached hydrogen (secondary N) is 1. The topological polar surface area (TPSA) is 90.7 Å². The first kappa shape index (κ1) is 20.5. The Labute approximate surface area is 180 Å². The van der Waals surface area contributed by atoms with E-state index in [4.69, 9.17) is 13.9 Å². The summed E-state index contributed by atoms with van der Waals surface area (Å²) < 4.78 is 28.7. The number of thiazole rings is 1. The number of anilines is 1. The van der Waals surface area contributed by atoms with Crippen molar-refractivity contribution in [3.8, 4) is 17.0 Å². The molecule has 2 heterocycles. The number of methoxy groups -OCH3 is 1. The molecule has 1 N–H and O–H groups in total. The average Bonchev–Trinajstić information content (AvgIpc) is 3.39. The first-order valence-electron chi connectivity index (χ1n) is 9.23. The molecule has 0 spiro atoms. The minimum atomic E-state index is -0.556. The first-order valence-corrected chi connectivity index (χ1v) is 10.1. The van der Waals surface area contributed by atoms with Crippen molar-refractivity contribution in [3.63, 3.8) is 0 Å². The number of nitrogens with zero attached hydrogens (tertiary/aromatic N) is 1. The molecule has 0 aliphatic heterocycles. The Balaban J connectivity index is 1.30. The number of carbonyl (C=O) groups is 2. The third-order valence-electron chi connectivity index (χ3n) is 4.45. The molecule has 0 aliphatic rings. The van der Waals surface area contributed by atoms with E-state index in [2.05, 4.69) is 10.3 Å². The van der Waals surface area contributed by atoms with Crippen molar-refractivity contribution < 1.29 is 27.9 Å². The van der Waals surface area contributed by atoms with E-state index in [0.717, 1.165) is 10.9 Å². The number of ether oxygens (including phenoxy) is 2. The second kappa shape index (κ2) is 8.97. The Kier molecular flexibility index (Phi) is 5.94. The van der Waals surface area contributed by atoms with Crippen LogP contribution in [-0.2, 0) is 20.7 Å². The lowest BCUT2D eigenvalue weighted by atomic mass is 10.1. The molecule has 2 aromatic heterocycles. The van der Waals surface area contributed by atoms with E-state index in [9.17, 15) is 14.0 Å². The van der Waals surface area contributed by atoms with Gasteiger partial charge in [0.05, 0.1) is 25.5 Å². The lowest BCUT2D eigenvalue weighted by molar-refractivity contribution is -0.146. The summed E-state index contributed by atoms with van der Waals surface area (Å²) in [5.41, 5.74) is 2.60. The Morgan fingerprint density at radius 2 is 2.00 bits per heavy atom. The molecular formula is C22H17FN2O5S. The number of rotatable bonds is 7. The van der Waals surface area contributed by atoms with Crippen LogP contribution in [0, 0.1) is 5.82 Å². The van der Waals surface area contributed by atoms with Gasteiger partial charge < -0.3 is 13.9 Å². The van der Waals surface area contributed by atoms with Gasteiger partial charge in [0.25, 0.3) is 5.91 Å². The molecule has 0 bridgehead atoms. The SMILES string of the molecule is COc1ccc2c(CC(=O)OCC(=O)Nc3nc(-c4ccc(F)cc4)cs3)coc2c1. The summed E-state index contributed by atoms with van der Waals surface area (Å²) in [5, 5.41) is 5.46.